The number of rotatable bonds is 7. The zero-order chi connectivity index (χ0) is 20.6. The van der Waals surface area contributed by atoms with Crippen molar-refractivity contribution < 1.29 is 22.6 Å². The summed E-state index contributed by atoms with van der Waals surface area (Å²) in [6, 6.07) is 5.96. The Kier molecular flexibility index (Phi) is 7.83. The standard InChI is InChI=1S/C20H30F3N3O2/c1-24-18(25-12-11-20(21,22)23)26-14-19(9-5-4-6-10-19)15-7-8-16(27-2)17(13-15)28-3/h7-8,13H,4-6,9-12,14H2,1-3H3,(H2,24,25,26). The van der Waals surface area contributed by atoms with Crippen LogP contribution in [0.25, 0.3) is 0 Å². The van der Waals surface area contributed by atoms with Gasteiger partial charge in [0, 0.05) is 25.6 Å². The molecule has 0 saturated heterocycles. The van der Waals surface area contributed by atoms with Crippen LogP contribution in [0.2, 0.25) is 0 Å². The molecule has 2 rings (SSSR count). The maximum Gasteiger partial charge on any atom is 0.390 e. The second-order valence-electron chi connectivity index (χ2n) is 7.13. The number of nitrogens with one attached hydrogen (secondary N) is 2. The number of aliphatic imine (C=N–C) groups is 1. The average molecular weight is 401 g/mol. The summed E-state index contributed by atoms with van der Waals surface area (Å²) in [7, 11) is 4.78. The fourth-order valence-corrected chi connectivity index (χ4v) is 3.76. The van der Waals surface area contributed by atoms with E-state index < -0.39 is 12.6 Å². The number of methoxy groups -OCH3 is 2. The summed E-state index contributed by atoms with van der Waals surface area (Å²) < 4.78 is 47.9. The van der Waals surface area contributed by atoms with Gasteiger partial charge in [-0.1, -0.05) is 25.3 Å². The minimum absolute atomic E-state index is 0.126. The van der Waals surface area contributed by atoms with Crippen LogP contribution in [0.1, 0.15) is 44.1 Å². The Balaban J connectivity index is 2.12. The maximum absolute atomic E-state index is 12.4. The van der Waals surface area contributed by atoms with Gasteiger partial charge in [0.1, 0.15) is 0 Å². The van der Waals surface area contributed by atoms with Crippen LogP contribution in [0.5, 0.6) is 11.5 Å². The van der Waals surface area contributed by atoms with E-state index in [0.29, 0.717) is 24.0 Å². The van der Waals surface area contributed by atoms with Crippen LogP contribution in [0.4, 0.5) is 13.2 Å². The van der Waals surface area contributed by atoms with Gasteiger partial charge < -0.3 is 20.1 Å². The van der Waals surface area contributed by atoms with Crippen molar-refractivity contribution in [2.75, 3.05) is 34.4 Å². The van der Waals surface area contributed by atoms with Gasteiger partial charge in [0.05, 0.1) is 20.6 Å². The van der Waals surface area contributed by atoms with Crippen molar-refractivity contribution >= 4 is 5.96 Å². The summed E-state index contributed by atoms with van der Waals surface area (Å²) in [5.74, 6) is 1.74. The topological polar surface area (TPSA) is 54.9 Å². The minimum Gasteiger partial charge on any atom is -0.493 e. The van der Waals surface area contributed by atoms with E-state index in [-0.39, 0.29) is 12.0 Å². The van der Waals surface area contributed by atoms with Crippen molar-refractivity contribution in [3.63, 3.8) is 0 Å². The van der Waals surface area contributed by atoms with Crippen molar-refractivity contribution in [3.8, 4) is 11.5 Å². The minimum atomic E-state index is -4.18. The number of hydrogen-bond acceptors (Lipinski definition) is 3. The molecule has 1 fully saturated rings. The number of nitrogens with zero attached hydrogens (tertiary/aromatic N) is 1. The van der Waals surface area contributed by atoms with E-state index in [1.807, 2.05) is 18.2 Å². The molecule has 2 N–H and O–H groups in total. The number of ether oxygens (including phenoxy) is 2. The molecule has 0 amide bonds. The summed E-state index contributed by atoms with van der Waals surface area (Å²) in [6.07, 6.45) is 0.314. The highest BCUT2D eigenvalue weighted by molar-refractivity contribution is 5.79. The van der Waals surface area contributed by atoms with Crippen molar-refractivity contribution in [1.82, 2.24) is 10.6 Å². The van der Waals surface area contributed by atoms with Crippen LogP contribution in [0.15, 0.2) is 23.2 Å². The summed E-state index contributed by atoms with van der Waals surface area (Å²) >= 11 is 0. The van der Waals surface area contributed by atoms with Crippen molar-refractivity contribution in [2.24, 2.45) is 4.99 Å². The normalized spacial score (nSPS) is 17.1. The molecule has 1 saturated carbocycles. The molecule has 0 radical (unpaired) electrons. The molecule has 0 atom stereocenters. The fraction of sp³-hybridized carbons (Fsp3) is 0.650. The molecule has 0 aromatic heterocycles. The average Bonchev–Trinajstić information content (AvgIpc) is 2.69. The van der Waals surface area contributed by atoms with E-state index in [2.05, 4.69) is 15.6 Å². The second kappa shape index (κ2) is 9.89. The van der Waals surface area contributed by atoms with E-state index in [0.717, 1.165) is 31.2 Å². The van der Waals surface area contributed by atoms with Crippen LogP contribution in [-0.2, 0) is 5.41 Å². The SMILES string of the molecule is CN=C(NCCC(F)(F)F)NCC1(c2ccc(OC)c(OC)c2)CCCCC1. The first kappa shape index (κ1) is 22.2. The van der Waals surface area contributed by atoms with Crippen LogP contribution < -0.4 is 20.1 Å². The van der Waals surface area contributed by atoms with Gasteiger partial charge in [-0.25, -0.2) is 0 Å². The molecule has 8 heteroatoms. The van der Waals surface area contributed by atoms with Gasteiger partial charge in [-0.15, -0.1) is 0 Å². The van der Waals surface area contributed by atoms with Crippen LogP contribution in [0, 0.1) is 0 Å². The molecule has 1 aliphatic carbocycles. The third kappa shape index (κ3) is 5.94. The number of hydrogen-bond donors (Lipinski definition) is 2. The van der Waals surface area contributed by atoms with E-state index in [4.69, 9.17) is 9.47 Å². The van der Waals surface area contributed by atoms with Crippen molar-refractivity contribution in [2.45, 2.75) is 50.1 Å². The lowest BCUT2D eigenvalue weighted by atomic mass is 9.69. The number of benzene rings is 1. The smallest absolute Gasteiger partial charge is 0.390 e. The Labute approximate surface area is 164 Å². The molecule has 0 aliphatic heterocycles. The van der Waals surface area contributed by atoms with Gasteiger partial charge in [-0.2, -0.15) is 13.2 Å². The Morgan fingerprint density at radius 2 is 1.75 bits per heavy atom. The van der Waals surface area contributed by atoms with Gasteiger partial charge in [0.15, 0.2) is 17.5 Å². The molecule has 1 aromatic rings. The Hall–Kier alpha value is -2.12. The van der Waals surface area contributed by atoms with E-state index in [1.165, 1.54) is 6.42 Å². The molecular weight excluding hydrogens is 371 g/mol. The molecule has 28 heavy (non-hydrogen) atoms. The molecule has 1 aromatic carbocycles. The maximum atomic E-state index is 12.4. The largest absolute Gasteiger partial charge is 0.493 e. The van der Waals surface area contributed by atoms with Crippen molar-refractivity contribution in [1.29, 1.82) is 0 Å². The lowest BCUT2D eigenvalue weighted by molar-refractivity contribution is -0.132. The second-order valence-corrected chi connectivity index (χ2v) is 7.13. The third-order valence-corrected chi connectivity index (χ3v) is 5.33. The lowest BCUT2D eigenvalue weighted by Gasteiger charge is -2.38. The molecule has 0 heterocycles. The molecule has 0 spiro atoms. The van der Waals surface area contributed by atoms with E-state index in [1.54, 1.807) is 21.3 Å². The highest BCUT2D eigenvalue weighted by Gasteiger charge is 2.35. The lowest BCUT2D eigenvalue weighted by Crippen LogP contribution is -2.47. The molecule has 0 unspecified atom stereocenters. The zero-order valence-corrected chi connectivity index (χ0v) is 16.8. The predicted octanol–water partition coefficient (Wildman–Crippen LogP) is 4.02. The number of alkyl halides is 3. The van der Waals surface area contributed by atoms with Crippen LogP contribution in [0.3, 0.4) is 0 Å². The first-order valence-corrected chi connectivity index (χ1v) is 9.57. The van der Waals surface area contributed by atoms with E-state index in [9.17, 15) is 13.2 Å². The molecular formula is C20H30F3N3O2. The van der Waals surface area contributed by atoms with Gasteiger partial charge >= 0.3 is 6.18 Å². The first-order chi connectivity index (χ1) is 13.3. The molecule has 1 aliphatic rings. The van der Waals surface area contributed by atoms with Gasteiger partial charge in [-0.3, -0.25) is 4.99 Å². The Morgan fingerprint density at radius 1 is 1.07 bits per heavy atom. The van der Waals surface area contributed by atoms with Crippen LogP contribution in [-0.4, -0.2) is 46.5 Å². The quantitative estimate of drug-likeness (QED) is 0.535. The summed E-state index contributed by atoms with van der Waals surface area (Å²) in [4.78, 5) is 4.06. The monoisotopic (exact) mass is 401 g/mol. The zero-order valence-electron chi connectivity index (χ0n) is 16.8. The Bertz CT molecular complexity index is 657. The summed E-state index contributed by atoms with van der Waals surface area (Å²) in [5, 5.41) is 5.98. The predicted molar refractivity (Wildman–Crippen MR) is 104 cm³/mol. The molecule has 0 bridgehead atoms. The summed E-state index contributed by atoms with van der Waals surface area (Å²) in [6.45, 7) is 0.390. The highest BCUT2D eigenvalue weighted by atomic mass is 19.4. The number of halogens is 3. The van der Waals surface area contributed by atoms with Crippen LogP contribution >= 0.6 is 0 Å². The van der Waals surface area contributed by atoms with Crippen molar-refractivity contribution in [3.05, 3.63) is 23.8 Å². The first-order valence-electron chi connectivity index (χ1n) is 9.57. The van der Waals surface area contributed by atoms with Gasteiger partial charge in [0.25, 0.3) is 0 Å². The van der Waals surface area contributed by atoms with Gasteiger partial charge in [-0.05, 0) is 30.5 Å². The molecule has 158 valence electrons. The Morgan fingerprint density at radius 3 is 2.32 bits per heavy atom. The highest BCUT2D eigenvalue weighted by Crippen LogP contribution is 2.42. The fourth-order valence-electron chi connectivity index (χ4n) is 3.76. The summed E-state index contributed by atoms with van der Waals surface area (Å²) in [5.41, 5.74) is 1.02. The van der Waals surface area contributed by atoms with Gasteiger partial charge in [0.2, 0.25) is 0 Å². The third-order valence-electron chi connectivity index (χ3n) is 5.33. The molecule has 5 nitrogen and oxygen atoms in total. The number of guanidine groups is 1. The van der Waals surface area contributed by atoms with E-state index >= 15 is 0 Å².